The van der Waals surface area contributed by atoms with Gasteiger partial charge in [-0.3, -0.25) is 19.2 Å². The van der Waals surface area contributed by atoms with E-state index in [0.29, 0.717) is 21.9 Å². The Morgan fingerprint density at radius 3 is 2.34 bits per heavy atom. The molecule has 0 fully saturated rings. The summed E-state index contributed by atoms with van der Waals surface area (Å²) in [6.45, 7) is 6.94. The number of halogens is 1. The van der Waals surface area contributed by atoms with E-state index in [1.165, 1.54) is 19.3 Å². The minimum Gasteiger partial charge on any atom is -0.495 e. The molecule has 1 aliphatic heterocycles. The van der Waals surface area contributed by atoms with E-state index in [2.05, 4.69) is 16.0 Å². The Bertz CT molecular complexity index is 1400. The molecule has 0 radical (unpaired) electrons. The summed E-state index contributed by atoms with van der Waals surface area (Å²) >= 11 is 6.29. The molecular formula is C35H46ClN3O8. The number of aliphatic hydroxyl groups is 2. The lowest BCUT2D eigenvalue weighted by Gasteiger charge is -2.32. The Labute approximate surface area is 281 Å². The summed E-state index contributed by atoms with van der Waals surface area (Å²) in [5.41, 5.74) is 1.17. The summed E-state index contributed by atoms with van der Waals surface area (Å²) in [4.78, 5) is 53.0. The van der Waals surface area contributed by atoms with Crippen molar-refractivity contribution in [2.75, 3.05) is 13.7 Å². The van der Waals surface area contributed by atoms with E-state index in [1.807, 2.05) is 13.8 Å². The predicted molar refractivity (Wildman–Crippen MR) is 177 cm³/mol. The lowest BCUT2D eigenvalue weighted by molar-refractivity contribution is -0.160. The van der Waals surface area contributed by atoms with E-state index in [9.17, 15) is 29.4 Å². The lowest BCUT2D eigenvalue weighted by Crippen LogP contribution is -2.51. The Morgan fingerprint density at radius 1 is 1.00 bits per heavy atom. The smallest absolute Gasteiger partial charge is 0.311 e. The quantitative estimate of drug-likeness (QED) is 0.254. The highest BCUT2D eigenvalue weighted by Gasteiger charge is 2.34. The van der Waals surface area contributed by atoms with Crippen LogP contribution in [0.3, 0.4) is 0 Å². The third kappa shape index (κ3) is 11.1. The number of carbonyl (C=O) groups excluding carboxylic acids is 4. The van der Waals surface area contributed by atoms with Gasteiger partial charge in [-0.05, 0) is 48.1 Å². The molecule has 0 saturated heterocycles. The van der Waals surface area contributed by atoms with Crippen molar-refractivity contribution in [3.8, 4) is 5.75 Å². The van der Waals surface area contributed by atoms with E-state index in [1.54, 1.807) is 62.4 Å². The molecule has 0 bridgehead atoms. The van der Waals surface area contributed by atoms with Crippen LogP contribution in [-0.2, 0) is 30.3 Å². The number of benzene rings is 2. The number of methoxy groups -OCH3 is 1. The standard InChI is InChI=1S/C35H46ClN3O8/c1-20(2)16-29-34(44)39-26(22(4)31(41)32(42)24-10-7-6-8-11-24)12-9-13-30(40)38-27(33(43)37-19-21(3)35(45)47-29)18-23-14-15-28(46-5)25(36)17-23/h6-11,13-15,17,20-22,26-27,29,31-32,41-42H,12,16,18-19H2,1-5H3,(H,37,43)(H,38,40)(H,39,44)/b13-9+/t21-,22+,26+,27-,29+,31-,32-/m1/s1. The van der Waals surface area contributed by atoms with Gasteiger partial charge >= 0.3 is 5.97 Å². The van der Waals surface area contributed by atoms with Crippen LogP contribution in [0.2, 0.25) is 5.02 Å². The van der Waals surface area contributed by atoms with Crippen molar-refractivity contribution in [1.29, 1.82) is 0 Å². The SMILES string of the molecule is COc1ccc(C[C@H]2NC(=O)/C=C/C[C@@H]([C@H](C)[C@@H](O)[C@H](O)c3ccccc3)NC(=O)[C@H](CC(C)C)OC(=O)[C@H](C)CNC2=O)cc1Cl. The van der Waals surface area contributed by atoms with Gasteiger partial charge in [0.15, 0.2) is 6.10 Å². The number of carbonyl (C=O) groups is 4. The van der Waals surface area contributed by atoms with Crippen LogP contribution in [0.5, 0.6) is 5.75 Å². The molecule has 256 valence electrons. The van der Waals surface area contributed by atoms with Crippen LogP contribution in [-0.4, -0.2) is 71.9 Å². The molecular weight excluding hydrogens is 626 g/mol. The van der Waals surface area contributed by atoms with Gasteiger partial charge in [0.05, 0.1) is 24.2 Å². The maximum Gasteiger partial charge on any atom is 0.311 e. The Balaban J connectivity index is 1.92. The van der Waals surface area contributed by atoms with Crippen molar-refractivity contribution in [2.45, 2.75) is 77.4 Å². The zero-order valence-electron chi connectivity index (χ0n) is 27.4. The zero-order valence-corrected chi connectivity index (χ0v) is 28.2. The molecule has 0 aromatic heterocycles. The van der Waals surface area contributed by atoms with Crippen molar-refractivity contribution in [3.05, 3.63) is 76.8 Å². The van der Waals surface area contributed by atoms with Crippen LogP contribution < -0.4 is 20.7 Å². The lowest BCUT2D eigenvalue weighted by atomic mass is 9.87. The van der Waals surface area contributed by atoms with Crippen LogP contribution in [0, 0.1) is 17.8 Å². The number of nitrogens with one attached hydrogen (secondary N) is 3. The number of rotatable bonds is 9. The maximum absolute atomic E-state index is 13.5. The highest BCUT2D eigenvalue weighted by Crippen LogP contribution is 2.27. The van der Waals surface area contributed by atoms with Gasteiger partial charge in [-0.15, -0.1) is 0 Å². The second kappa shape index (κ2) is 17.8. The molecule has 2 aromatic carbocycles. The van der Waals surface area contributed by atoms with Gasteiger partial charge in [-0.1, -0.05) is 81.8 Å². The summed E-state index contributed by atoms with van der Waals surface area (Å²) in [6.07, 6.45) is -0.469. The van der Waals surface area contributed by atoms with E-state index >= 15 is 0 Å². The van der Waals surface area contributed by atoms with Crippen molar-refractivity contribution < 1.29 is 38.9 Å². The largest absolute Gasteiger partial charge is 0.495 e. The number of esters is 1. The molecule has 0 saturated carbocycles. The molecule has 1 aliphatic rings. The van der Waals surface area contributed by atoms with Crippen LogP contribution in [0.1, 0.15) is 57.8 Å². The van der Waals surface area contributed by atoms with E-state index < -0.39 is 65.9 Å². The number of aliphatic hydroxyl groups excluding tert-OH is 2. The first-order valence-corrected chi connectivity index (χ1v) is 16.2. The normalized spacial score (nSPS) is 24.3. The number of amides is 3. The number of ether oxygens (including phenoxy) is 2. The third-order valence-electron chi connectivity index (χ3n) is 8.14. The van der Waals surface area contributed by atoms with Crippen molar-refractivity contribution in [2.24, 2.45) is 17.8 Å². The first kappa shape index (κ1) is 37.5. The molecule has 12 heteroatoms. The van der Waals surface area contributed by atoms with Gasteiger partial charge in [0.1, 0.15) is 17.9 Å². The first-order chi connectivity index (χ1) is 22.3. The Hall–Kier alpha value is -3.93. The average molecular weight is 672 g/mol. The van der Waals surface area contributed by atoms with Gasteiger partial charge < -0.3 is 35.6 Å². The summed E-state index contributed by atoms with van der Waals surface area (Å²) in [6, 6.07) is 11.9. The minimum absolute atomic E-state index is 0.00340. The van der Waals surface area contributed by atoms with E-state index in [4.69, 9.17) is 21.1 Å². The van der Waals surface area contributed by atoms with Gasteiger partial charge in [-0.2, -0.15) is 0 Å². The Kier molecular flexibility index (Phi) is 14.2. The fraction of sp³-hybridized carbons (Fsp3) is 0.486. The summed E-state index contributed by atoms with van der Waals surface area (Å²) in [7, 11) is 1.49. The Morgan fingerprint density at radius 2 is 1.70 bits per heavy atom. The van der Waals surface area contributed by atoms with Crippen LogP contribution in [0.15, 0.2) is 60.7 Å². The topological polar surface area (TPSA) is 163 Å². The summed E-state index contributed by atoms with van der Waals surface area (Å²) < 4.78 is 10.9. The monoisotopic (exact) mass is 671 g/mol. The molecule has 3 amide bonds. The van der Waals surface area contributed by atoms with Gasteiger partial charge in [0.25, 0.3) is 5.91 Å². The highest BCUT2D eigenvalue weighted by atomic mass is 35.5. The molecule has 11 nitrogen and oxygen atoms in total. The molecule has 7 atom stereocenters. The second-order valence-corrected chi connectivity index (χ2v) is 12.8. The maximum atomic E-state index is 13.5. The van der Waals surface area contributed by atoms with E-state index in [-0.39, 0.29) is 31.7 Å². The highest BCUT2D eigenvalue weighted by molar-refractivity contribution is 6.32. The number of hydrogen-bond donors (Lipinski definition) is 5. The number of hydrogen-bond acceptors (Lipinski definition) is 8. The van der Waals surface area contributed by atoms with Crippen LogP contribution in [0.25, 0.3) is 0 Å². The summed E-state index contributed by atoms with van der Waals surface area (Å²) in [5.74, 6) is -3.38. The fourth-order valence-corrected chi connectivity index (χ4v) is 5.51. The van der Waals surface area contributed by atoms with Crippen molar-refractivity contribution in [1.82, 2.24) is 16.0 Å². The van der Waals surface area contributed by atoms with E-state index in [0.717, 1.165) is 0 Å². The van der Waals surface area contributed by atoms with Gasteiger partial charge in [-0.25, -0.2) is 0 Å². The molecule has 0 aliphatic carbocycles. The molecule has 0 spiro atoms. The van der Waals surface area contributed by atoms with Crippen LogP contribution >= 0.6 is 11.6 Å². The molecule has 5 N–H and O–H groups in total. The molecule has 2 aromatic rings. The van der Waals surface area contributed by atoms with Gasteiger partial charge in [0.2, 0.25) is 11.8 Å². The first-order valence-electron chi connectivity index (χ1n) is 15.8. The zero-order chi connectivity index (χ0) is 34.7. The van der Waals surface area contributed by atoms with Crippen molar-refractivity contribution >= 4 is 35.3 Å². The molecule has 1 heterocycles. The summed E-state index contributed by atoms with van der Waals surface area (Å²) in [5, 5.41) is 30.7. The van der Waals surface area contributed by atoms with Crippen molar-refractivity contribution in [3.63, 3.8) is 0 Å². The third-order valence-corrected chi connectivity index (χ3v) is 8.43. The predicted octanol–water partition coefficient (Wildman–Crippen LogP) is 3.26. The second-order valence-electron chi connectivity index (χ2n) is 12.4. The fourth-order valence-electron chi connectivity index (χ4n) is 5.23. The number of cyclic esters (lactones) is 1. The van der Waals surface area contributed by atoms with Crippen LogP contribution in [0.4, 0.5) is 0 Å². The minimum atomic E-state index is -1.29. The molecule has 0 unspecified atom stereocenters. The molecule has 3 rings (SSSR count). The van der Waals surface area contributed by atoms with Gasteiger partial charge in [0, 0.05) is 24.9 Å². The molecule has 47 heavy (non-hydrogen) atoms. The average Bonchev–Trinajstić information content (AvgIpc) is 3.04.